The zero-order valence-corrected chi connectivity index (χ0v) is 12.0. The summed E-state index contributed by atoms with van der Waals surface area (Å²) in [6.07, 6.45) is 8.22. The average Bonchev–Trinajstić information content (AvgIpc) is 2.77. The predicted octanol–water partition coefficient (Wildman–Crippen LogP) is 1.35. The Bertz CT molecular complexity index is 396. The summed E-state index contributed by atoms with van der Waals surface area (Å²) in [4.78, 5) is 11.8. The van der Waals surface area contributed by atoms with Gasteiger partial charge >= 0.3 is 16.2 Å². The van der Waals surface area contributed by atoms with Gasteiger partial charge in [0.05, 0.1) is 0 Å². The number of amides is 2. The van der Waals surface area contributed by atoms with Crippen molar-refractivity contribution in [2.75, 3.05) is 13.1 Å². The van der Waals surface area contributed by atoms with Crippen LogP contribution >= 0.6 is 0 Å². The van der Waals surface area contributed by atoms with E-state index < -0.39 is 16.2 Å². The zero-order valence-electron chi connectivity index (χ0n) is 11.2. The Hall–Kier alpha value is -0.820. The van der Waals surface area contributed by atoms with Gasteiger partial charge < -0.3 is 5.32 Å². The standard InChI is InChI=1S/C12H23N3O3S/c16-12(13-11-7-3-1-2-4-8-11)14-19(17,18)15-9-5-6-10-15/h11H,1-10H2,(H2,13,14,16). The normalized spacial score (nSPS) is 22.9. The summed E-state index contributed by atoms with van der Waals surface area (Å²) in [6, 6.07) is -0.477. The van der Waals surface area contributed by atoms with Crippen molar-refractivity contribution in [1.82, 2.24) is 14.3 Å². The average molecular weight is 289 g/mol. The molecule has 0 unspecified atom stereocenters. The summed E-state index contributed by atoms with van der Waals surface area (Å²) in [5, 5.41) is 2.78. The molecule has 1 heterocycles. The van der Waals surface area contributed by atoms with Crippen molar-refractivity contribution in [1.29, 1.82) is 0 Å². The lowest BCUT2D eigenvalue weighted by Gasteiger charge is -2.19. The highest BCUT2D eigenvalue weighted by molar-refractivity contribution is 7.87. The first-order chi connectivity index (χ1) is 9.08. The smallest absolute Gasteiger partial charge is 0.329 e. The van der Waals surface area contributed by atoms with Crippen molar-refractivity contribution >= 4 is 16.2 Å². The van der Waals surface area contributed by atoms with Crippen LogP contribution in [0.4, 0.5) is 4.79 Å². The molecule has 2 aliphatic rings. The predicted molar refractivity (Wildman–Crippen MR) is 72.9 cm³/mol. The van der Waals surface area contributed by atoms with Crippen LogP contribution in [-0.2, 0) is 10.2 Å². The third kappa shape index (κ3) is 4.35. The summed E-state index contributed by atoms with van der Waals surface area (Å²) in [5.74, 6) is 0. The Morgan fingerprint density at radius 1 is 0.947 bits per heavy atom. The van der Waals surface area contributed by atoms with Crippen molar-refractivity contribution in [3.63, 3.8) is 0 Å². The van der Waals surface area contributed by atoms with E-state index in [0.717, 1.165) is 38.5 Å². The van der Waals surface area contributed by atoms with Gasteiger partial charge in [-0.1, -0.05) is 25.7 Å². The molecule has 2 fully saturated rings. The second-order valence-corrected chi connectivity index (χ2v) is 7.05. The minimum absolute atomic E-state index is 0.108. The van der Waals surface area contributed by atoms with Gasteiger partial charge in [0.25, 0.3) is 0 Å². The molecule has 2 rings (SSSR count). The molecule has 0 aromatic heterocycles. The third-order valence-electron chi connectivity index (χ3n) is 3.82. The summed E-state index contributed by atoms with van der Waals surface area (Å²) in [6.45, 7) is 1.01. The highest BCUT2D eigenvalue weighted by atomic mass is 32.2. The first-order valence-electron chi connectivity index (χ1n) is 7.16. The van der Waals surface area contributed by atoms with Crippen LogP contribution in [0.1, 0.15) is 51.4 Å². The first kappa shape index (κ1) is 14.6. The molecule has 0 atom stereocenters. The lowest BCUT2D eigenvalue weighted by atomic mass is 10.1. The highest BCUT2D eigenvalue weighted by Gasteiger charge is 2.27. The van der Waals surface area contributed by atoms with Gasteiger partial charge in [-0.2, -0.15) is 12.7 Å². The van der Waals surface area contributed by atoms with Crippen LogP contribution in [0.15, 0.2) is 0 Å². The first-order valence-corrected chi connectivity index (χ1v) is 8.60. The van der Waals surface area contributed by atoms with Gasteiger partial charge in [-0.25, -0.2) is 9.52 Å². The second kappa shape index (κ2) is 6.56. The van der Waals surface area contributed by atoms with E-state index in [0.29, 0.717) is 13.1 Å². The van der Waals surface area contributed by atoms with E-state index in [1.807, 2.05) is 0 Å². The molecule has 0 spiro atoms. The van der Waals surface area contributed by atoms with Crippen LogP contribution < -0.4 is 10.0 Å². The number of nitrogens with zero attached hydrogens (tertiary/aromatic N) is 1. The van der Waals surface area contributed by atoms with Crippen molar-refractivity contribution in [3.8, 4) is 0 Å². The van der Waals surface area contributed by atoms with E-state index >= 15 is 0 Å². The molecule has 2 N–H and O–H groups in total. The van der Waals surface area contributed by atoms with Crippen LogP contribution in [0.25, 0.3) is 0 Å². The second-order valence-electron chi connectivity index (χ2n) is 5.38. The van der Waals surface area contributed by atoms with Crippen molar-refractivity contribution < 1.29 is 13.2 Å². The fourth-order valence-corrected chi connectivity index (χ4v) is 3.91. The minimum Gasteiger partial charge on any atom is -0.335 e. The van der Waals surface area contributed by atoms with E-state index in [1.54, 1.807) is 0 Å². The van der Waals surface area contributed by atoms with E-state index in [9.17, 15) is 13.2 Å². The number of hydrogen-bond acceptors (Lipinski definition) is 3. The molecule has 1 saturated heterocycles. The number of urea groups is 1. The van der Waals surface area contributed by atoms with Crippen LogP contribution in [0.3, 0.4) is 0 Å². The van der Waals surface area contributed by atoms with Gasteiger partial charge in [0.2, 0.25) is 0 Å². The van der Waals surface area contributed by atoms with Gasteiger partial charge in [0.1, 0.15) is 0 Å². The number of rotatable bonds is 3. The zero-order chi connectivity index (χ0) is 13.7. The Morgan fingerprint density at radius 2 is 1.53 bits per heavy atom. The van der Waals surface area contributed by atoms with E-state index in [1.165, 1.54) is 17.1 Å². The molecule has 1 aliphatic heterocycles. The number of carbonyl (C=O) groups excluding carboxylic acids is 1. The quantitative estimate of drug-likeness (QED) is 0.770. The maximum Gasteiger partial charge on any atom is 0.329 e. The van der Waals surface area contributed by atoms with Gasteiger partial charge in [-0.05, 0) is 25.7 Å². The fraction of sp³-hybridized carbons (Fsp3) is 0.917. The minimum atomic E-state index is -3.65. The van der Waals surface area contributed by atoms with Crippen molar-refractivity contribution in [3.05, 3.63) is 0 Å². The molecule has 6 nitrogen and oxygen atoms in total. The fourth-order valence-electron chi connectivity index (χ4n) is 2.75. The molecular formula is C12H23N3O3S. The van der Waals surface area contributed by atoms with Gasteiger partial charge in [0, 0.05) is 19.1 Å². The molecule has 2 amide bonds. The molecule has 0 aromatic carbocycles. The summed E-state index contributed by atoms with van der Waals surface area (Å²) >= 11 is 0. The molecule has 110 valence electrons. The summed E-state index contributed by atoms with van der Waals surface area (Å²) in [5.41, 5.74) is 0. The Balaban J connectivity index is 1.82. The Morgan fingerprint density at radius 3 is 2.11 bits per heavy atom. The lowest BCUT2D eigenvalue weighted by molar-refractivity contribution is 0.240. The highest BCUT2D eigenvalue weighted by Crippen LogP contribution is 2.17. The molecule has 19 heavy (non-hydrogen) atoms. The Labute approximate surface area is 115 Å². The van der Waals surface area contributed by atoms with Crippen molar-refractivity contribution in [2.24, 2.45) is 0 Å². The molecule has 0 aromatic rings. The van der Waals surface area contributed by atoms with E-state index in [4.69, 9.17) is 0 Å². The largest absolute Gasteiger partial charge is 0.335 e. The van der Waals surface area contributed by atoms with E-state index in [2.05, 4.69) is 10.0 Å². The maximum absolute atomic E-state index is 11.9. The molecule has 7 heteroatoms. The summed E-state index contributed by atoms with van der Waals surface area (Å²) < 4.78 is 27.3. The van der Waals surface area contributed by atoms with Crippen LogP contribution in [0.2, 0.25) is 0 Å². The number of hydrogen-bond donors (Lipinski definition) is 2. The number of nitrogens with one attached hydrogen (secondary N) is 2. The van der Waals surface area contributed by atoms with Gasteiger partial charge in [-0.3, -0.25) is 0 Å². The maximum atomic E-state index is 11.9. The molecule has 1 saturated carbocycles. The molecule has 0 radical (unpaired) electrons. The van der Waals surface area contributed by atoms with Crippen molar-refractivity contribution in [2.45, 2.75) is 57.4 Å². The SMILES string of the molecule is O=C(NC1CCCCCC1)NS(=O)(=O)N1CCCC1. The third-order valence-corrected chi connectivity index (χ3v) is 5.31. The molecular weight excluding hydrogens is 266 g/mol. The topological polar surface area (TPSA) is 78.5 Å². The van der Waals surface area contributed by atoms with Crippen LogP contribution in [0.5, 0.6) is 0 Å². The Kier molecular flexibility index (Phi) is 5.04. The van der Waals surface area contributed by atoms with Gasteiger partial charge in [-0.15, -0.1) is 0 Å². The molecule has 1 aliphatic carbocycles. The monoisotopic (exact) mass is 289 g/mol. The molecule has 0 bridgehead atoms. The van der Waals surface area contributed by atoms with E-state index in [-0.39, 0.29) is 6.04 Å². The number of carbonyl (C=O) groups is 1. The lowest BCUT2D eigenvalue weighted by Crippen LogP contribution is -2.49. The van der Waals surface area contributed by atoms with Crippen LogP contribution in [0, 0.1) is 0 Å². The van der Waals surface area contributed by atoms with Crippen LogP contribution in [-0.4, -0.2) is 37.9 Å². The van der Waals surface area contributed by atoms with Gasteiger partial charge in [0.15, 0.2) is 0 Å². The summed E-state index contributed by atoms with van der Waals surface area (Å²) in [7, 11) is -3.65.